The molecule has 0 radical (unpaired) electrons. The summed E-state index contributed by atoms with van der Waals surface area (Å²) in [6, 6.07) is 2.80. The molecule has 0 spiro atoms. The molecule has 1 N–H and O–H groups in total. The standard InChI is InChI=1S/C16H20F2N2O4/c1-16(15(22)23-2,12-9-11(17)3-4-13(12)18)19-10-14(21)20-5-7-24-8-6-20/h3-4,9,19H,5-8,10H2,1-2H3/t16-/m0/s1. The van der Waals surface area contributed by atoms with Crippen molar-refractivity contribution in [3.63, 3.8) is 0 Å². The fourth-order valence-corrected chi connectivity index (χ4v) is 2.54. The summed E-state index contributed by atoms with van der Waals surface area (Å²) in [5, 5.41) is 2.72. The smallest absolute Gasteiger partial charge is 0.330 e. The van der Waals surface area contributed by atoms with Gasteiger partial charge in [0.1, 0.15) is 17.2 Å². The van der Waals surface area contributed by atoms with Crippen LogP contribution < -0.4 is 5.32 Å². The number of hydrogen-bond donors (Lipinski definition) is 1. The summed E-state index contributed by atoms with van der Waals surface area (Å²) in [5.41, 5.74) is -1.91. The van der Waals surface area contributed by atoms with Crippen molar-refractivity contribution in [3.8, 4) is 0 Å². The van der Waals surface area contributed by atoms with E-state index in [-0.39, 0.29) is 18.0 Å². The maximum atomic E-state index is 14.1. The number of benzene rings is 1. The second kappa shape index (κ2) is 7.67. The molecule has 0 saturated carbocycles. The van der Waals surface area contributed by atoms with Crippen LogP contribution in [0.15, 0.2) is 18.2 Å². The van der Waals surface area contributed by atoms with Crippen LogP contribution in [0.3, 0.4) is 0 Å². The van der Waals surface area contributed by atoms with Gasteiger partial charge in [0.25, 0.3) is 0 Å². The summed E-state index contributed by atoms with van der Waals surface area (Å²) >= 11 is 0. The number of ether oxygens (including phenoxy) is 2. The van der Waals surface area contributed by atoms with Crippen molar-refractivity contribution in [2.24, 2.45) is 0 Å². The number of carbonyl (C=O) groups excluding carboxylic acids is 2. The van der Waals surface area contributed by atoms with Gasteiger partial charge in [-0.1, -0.05) is 0 Å². The monoisotopic (exact) mass is 342 g/mol. The molecule has 1 aliphatic rings. The lowest BCUT2D eigenvalue weighted by Crippen LogP contribution is -2.53. The average molecular weight is 342 g/mol. The predicted molar refractivity (Wildman–Crippen MR) is 81.1 cm³/mol. The Hall–Kier alpha value is -2.06. The third kappa shape index (κ3) is 3.88. The van der Waals surface area contributed by atoms with Gasteiger partial charge in [0.15, 0.2) is 0 Å². The first-order valence-electron chi connectivity index (χ1n) is 7.53. The largest absolute Gasteiger partial charge is 0.467 e. The van der Waals surface area contributed by atoms with Gasteiger partial charge in [0.2, 0.25) is 5.91 Å². The summed E-state index contributed by atoms with van der Waals surface area (Å²) in [6.45, 7) is 2.91. The first kappa shape index (κ1) is 18.3. The number of nitrogens with one attached hydrogen (secondary N) is 1. The van der Waals surface area contributed by atoms with Gasteiger partial charge in [0, 0.05) is 18.7 Å². The zero-order chi connectivity index (χ0) is 17.7. The minimum absolute atomic E-state index is 0.218. The number of carbonyl (C=O) groups is 2. The minimum Gasteiger partial charge on any atom is -0.467 e. The van der Waals surface area contributed by atoms with Crippen molar-refractivity contribution in [2.75, 3.05) is 40.0 Å². The maximum Gasteiger partial charge on any atom is 0.330 e. The number of hydrogen-bond acceptors (Lipinski definition) is 5. The van der Waals surface area contributed by atoms with E-state index < -0.39 is 23.1 Å². The lowest BCUT2D eigenvalue weighted by Gasteiger charge is -2.31. The van der Waals surface area contributed by atoms with Crippen LogP contribution in [0.25, 0.3) is 0 Å². The molecule has 0 aromatic heterocycles. The molecule has 132 valence electrons. The van der Waals surface area contributed by atoms with Gasteiger partial charge >= 0.3 is 5.97 Å². The van der Waals surface area contributed by atoms with E-state index in [2.05, 4.69) is 5.32 Å². The first-order chi connectivity index (χ1) is 11.4. The Kier molecular flexibility index (Phi) is 5.84. The number of rotatable bonds is 5. The molecular weight excluding hydrogens is 322 g/mol. The molecule has 1 atom stereocenters. The van der Waals surface area contributed by atoms with Crippen LogP contribution in [0, 0.1) is 11.6 Å². The molecule has 1 fully saturated rings. The zero-order valence-corrected chi connectivity index (χ0v) is 13.6. The molecule has 1 heterocycles. The van der Waals surface area contributed by atoms with Crippen molar-refractivity contribution in [3.05, 3.63) is 35.4 Å². The summed E-state index contributed by atoms with van der Waals surface area (Å²) in [4.78, 5) is 26.0. The molecule has 1 aliphatic heterocycles. The number of nitrogens with zero attached hydrogens (tertiary/aromatic N) is 1. The average Bonchev–Trinajstić information content (AvgIpc) is 2.61. The molecule has 0 aliphatic carbocycles. The molecule has 1 aromatic rings. The summed E-state index contributed by atoms with van der Waals surface area (Å²) < 4.78 is 37.5. The Morgan fingerprint density at radius 3 is 2.62 bits per heavy atom. The van der Waals surface area contributed by atoms with E-state index in [4.69, 9.17) is 9.47 Å². The fourth-order valence-electron chi connectivity index (χ4n) is 2.54. The van der Waals surface area contributed by atoms with E-state index in [1.807, 2.05) is 0 Å². The highest BCUT2D eigenvalue weighted by molar-refractivity contribution is 5.84. The maximum absolute atomic E-state index is 14.1. The third-order valence-electron chi connectivity index (χ3n) is 4.02. The number of esters is 1. The number of halogens is 2. The van der Waals surface area contributed by atoms with Gasteiger partial charge in [-0.15, -0.1) is 0 Å². The van der Waals surface area contributed by atoms with Gasteiger partial charge in [-0.05, 0) is 25.1 Å². The van der Waals surface area contributed by atoms with E-state index in [1.165, 1.54) is 6.92 Å². The quantitative estimate of drug-likeness (QED) is 0.802. The highest BCUT2D eigenvalue weighted by Crippen LogP contribution is 2.26. The van der Waals surface area contributed by atoms with Crippen molar-refractivity contribution in [1.82, 2.24) is 10.2 Å². The molecule has 24 heavy (non-hydrogen) atoms. The first-order valence-corrected chi connectivity index (χ1v) is 7.53. The van der Waals surface area contributed by atoms with Crippen molar-refractivity contribution in [2.45, 2.75) is 12.5 Å². The minimum atomic E-state index is -1.69. The van der Waals surface area contributed by atoms with E-state index in [0.29, 0.717) is 26.3 Å². The van der Waals surface area contributed by atoms with Crippen LogP contribution in [-0.4, -0.2) is 56.7 Å². The van der Waals surface area contributed by atoms with Crippen molar-refractivity contribution in [1.29, 1.82) is 0 Å². The van der Waals surface area contributed by atoms with E-state index >= 15 is 0 Å². The van der Waals surface area contributed by atoms with Crippen LogP contribution in [-0.2, 0) is 24.6 Å². The molecule has 0 unspecified atom stereocenters. The number of methoxy groups -OCH3 is 1. The van der Waals surface area contributed by atoms with Crippen LogP contribution in [0.5, 0.6) is 0 Å². The van der Waals surface area contributed by atoms with Gasteiger partial charge in [-0.25, -0.2) is 13.6 Å². The summed E-state index contributed by atoms with van der Waals surface area (Å²) in [7, 11) is 1.14. The second-order valence-electron chi connectivity index (χ2n) is 5.59. The summed E-state index contributed by atoms with van der Waals surface area (Å²) in [6.07, 6.45) is 0. The van der Waals surface area contributed by atoms with Crippen molar-refractivity contribution < 1.29 is 27.8 Å². The highest BCUT2D eigenvalue weighted by atomic mass is 19.1. The molecule has 1 amide bonds. The van der Waals surface area contributed by atoms with Gasteiger partial charge in [-0.3, -0.25) is 10.1 Å². The summed E-state index contributed by atoms with van der Waals surface area (Å²) in [5.74, 6) is -2.54. The Bertz CT molecular complexity index is 620. The molecule has 1 aromatic carbocycles. The fraction of sp³-hybridized carbons (Fsp3) is 0.500. The van der Waals surface area contributed by atoms with Crippen LogP contribution >= 0.6 is 0 Å². The SMILES string of the molecule is COC(=O)[C@@](C)(NCC(=O)N1CCOCC1)c1cc(F)ccc1F. The Morgan fingerprint density at radius 1 is 1.33 bits per heavy atom. The molecule has 6 nitrogen and oxygen atoms in total. The molecule has 8 heteroatoms. The second-order valence-corrected chi connectivity index (χ2v) is 5.59. The van der Waals surface area contributed by atoms with Crippen LogP contribution in [0.2, 0.25) is 0 Å². The Morgan fingerprint density at radius 2 is 2.00 bits per heavy atom. The molecule has 0 bridgehead atoms. The predicted octanol–water partition coefficient (Wildman–Crippen LogP) is 0.801. The van der Waals surface area contributed by atoms with Gasteiger partial charge < -0.3 is 14.4 Å². The molecular formula is C16H20F2N2O4. The van der Waals surface area contributed by atoms with Gasteiger partial charge in [-0.2, -0.15) is 0 Å². The van der Waals surface area contributed by atoms with Crippen LogP contribution in [0.4, 0.5) is 8.78 Å². The number of morpholine rings is 1. The highest BCUT2D eigenvalue weighted by Gasteiger charge is 2.39. The van der Waals surface area contributed by atoms with Gasteiger partial charge in [0.05, 0.1) is 26.9 Å². The topological polar surface area (TPSA) is 67.9 Å². The Balaban J connectivity index is 2.20. The zero-order valence-electron chi connectivity index (χ0n) is 13.6. The van der Waals surface area contributed by atoms with E-state index in [0.717, 1.165) is 25.3 Å². The lowest BCUT2D eigenvalue weighted by molar-refractivity contribution is -0.149. The Labute approximate surface area is 138 Å². The van der Waals surface area contributed by atoms with E-state index in [9.17, 15) is 18.4 Å². The van der Waals surface area contributed by atoms with Crippen molar-refractivity contribution >= 4 is 11.9 Å². The van der Waals surface area contributed by atoms with Crippen LogP contribution in [0.1, 0.15) is 12.5 Å². The number of amides is 1. The van der Waals surface area contributed by atoms with E-state index in [1.54, 1.807) is 4.90 Å². The normalized spacial score (nSPS) is 17.2. The third-order valence-corrected chi connectivity index (χ3v) is 4.02. The molecule has 1 saturated heterocycles. The molecule has 2 rings (SSSR count). The lowest BCUT2D eigenvalue weighted by atomic mass is 9.91.